The maximum absolute atomic E-state index is 13.6. The molecule has 3 heterocycles. The number of H-pyrrole nitrogens is 1. The van der Waals surface area contributed by atoms with E-state index in [2.05, 4.69) is 30.9 Å². The van der Waals surface area contributed by atoms with Crippen LogP contribution in [0.4, 0.5) is 5.13 Å². The van der Waals surface area contributed by atoms with Crippen LogP contribution in [0.2, 0.25) is 0 Å². The monoisotopic (exact) mass is 564 g/mol. The predicted octanol–water partition coefficient (Wildman–Crippen LogP) is 4.92. The van der Waals surface area contributed by atoms with E-state index in [1.165, 1.54) is 11.3 Å². The fourth-order valence-electron chi connectivity index (χ4n) is 4.67. The number of rotatable bonds is 10. The van der Waals surface area contributed by atoms with Crippen molar-refractivity contribution >= 4 is 33.2 Å². The minimum atomic E-state index is -0.970. The van der Waals surface area contributed by atoms with Gasteiger partial charge in [-0.3, -0.25) is 9.00 Å². The number of ether oxygens (including phenoxy) is 2. The van der Waals surface area contributed by atoms with E-state index >= 15 is 0 Å². The van der Waals surface area contributed by atoms with Crippen LogP contribution < -0.4 is 10.1 Å². The van der Waals surface area contributed by atoms with Crippen molar-refractivity contribution in [1.82, 2.24) is 25.6 Å². The van der Waals surface area contributed by atoms with Crippen molar-refractivity contribution in [3.63, 3.8) is 0 Å². The number of carbonyl (C=O) groups excluding carboxylic acids is 1. The largest absolute Gasteiger partial charge is 0.445 e. The molecule has 1 aliphatic carbocycles. The van der Waals surface area contributed by atoms with Gasteiger partial charge in [-0.15, -0.1) is 10.2 Å². The molecule has 6 rings (SSSR count). The lowest BCUT2D eigenvalue weighted by atomic mass is 9.84. The lowest BCUT2D eigenvalue weighted by molar-refractivity contribution is -0.118. The number of thiazole rings is 1. The number of aromatic nitrogens is 5. The maximum Gasteiger partial charge on any atom is 0.233 e. The number of hydrogen-bond donors (Lipinski definition) is 2. The molecule has 12 heteroatoms. The standard InChI is InChI=1S/C27H28N6O4S2/c34-26(29-27-28-16-24(38-27)37-20-3-1-2-19(15-20)25-30-32-33-31-25)23(14-17-10-12-36-13-11-17)18-4-6-21(7-5-18)39(35)22-8-9-22/h1-7,15-17,22-23H,8-14H2,(H,28,29,34)(H,30,31,32,33)/t23-,39?/m1/s1. The zero-order valence-corrected chi connectivity index (χ0v) is 22.7. The molecule has 0 bridgehead atoms. The van der Waals surface area contributed by atoms with Gasteiger partial charge >= 0.3 is 0 Å². The molecule has 0 spiro atoms. The van der Waals surface area contributed by atoms with E-state index in [4.69, 9.17) is 9.47 Å². The van der Waals surface area contributed by atoms with Crippen LogP contribution in [-0.2, 0) is 20.3 Å². The number of nitrogens with one attached hydrogen (secondary N) is 2. The lowest BCUT2D eigenvalue weighted by Crippen LogP contribution is -2.26. The highest BCUT2D eigenvalue weighted by atomic mass is 32.2. The Hall–Kier alpha value is -3.48. The molecule has 10 nitrogen and oxygen atoms in total. The van der Waals surface area contributed by atoms with Gasteiger partial charge in [-0.2, -0.15) is 5.21 Å². The lowest BCUT2D eigenvalue weighted by Gasteiger charge is -2.26. The van der Waals surface area contributed by atoms with E-state index in [0.29, 0.717) is 27.7 Å². The SMILES string of the molecule is O=C(Nc1ncc(Oc2cccc(-c3nn[nH]n3)c2)s1)[C@H](CC1CCOCC1)c1ccc(S(=O)C2CC2)cc1. The predicted molar refractivity (Wildman–Crippen MR) is 147 cm³/mol. The zero-order valence-electron chi connectivity index (χ0n) is 21.1. The number of benzene rings is 2. The molecular weight excluding hydrogens is 536 g/mol. The highest BCUT2D eigenvalue weighted by molar-refractivity contribution is 7.86. The van der Waals surface area contributed by atoms with Gasteiger partial charge < -0.3 is 14.8 Å². The molecular formula is C27H28N6O4S2. The van der Waals surface area contributed by atoms with Gasteiger partial charge in [0.25, 0.3) is 0 Å². The van der Waals surface area contributed by atoms with Crippen molar-refractivity contribution in [3.8, 4) is 22.2 Å². The third-order valence-electron chi connectivity index (χ3n) is 6.94. The molecule has 2 atom stereocenters. The minimum absolute atomic E-state index is 0.113. The summed E-state index contributed by atoms with van der Waals surface area (Å²) in [5, 5.41) is 18.3. The van der Waals surface area contributed by atoms with Crippen molar-refractivity contribution in [2.24, 2.45) is 5.92 Å². The Bertz CT molecular complexity index is 1430. The first-order chi connectivity index (χ1) is 19.1. The molecule has 1 saturated heterocycles. The van der Waals surface area contributed by atoms with Crippen LogP contribution in [0.15, 0.2) is 59.6 Å². The van der Waals surface area contributed by atoms with Gasteiger partial charge in [0.1, 0.15) is 5.75 Å². The van der Waals surface area contributed by atoms with Crippen LogP contribution in [0, 0.1) is 5.92 Å². The van der Waals surface area contributed by atoms with E-state index < -0.39 is 10.8 Å². The molecule has 1 saturated carbocycles. The van der Waals surface area contributed by atoms with Crippen LogP contribution in [0.3, 0.4) is 0 Å². The number of nitrogens with zero attached hydrogens (tertiary/aromatic N) is 4. The van der Waals surface area contributed by atoms with E-state index in [0.717, 1.165) is 61.3 Å². The van der Waals surface area contributed by atoms with Gasteiger partial charge in [0.2, 0.25) is 16.8 Å². The summed E-state index contributed by atoms with van der Waals surface area (Å²) in [6.07, 6.45) is 6.23. The highest BCUT2D eigenvalue weighted by Crippen LogP contribution is 2.35. The number of carbonyl (C=O) groups is 1. The molecule has 1 unspecified atom stereocenters. The zero-order chi connectivity index (χ0) is 26.6. The molecule has 2 aromatic heterocycles. The Morgan fingerprint density at radius 1 is 1.15 bits per heavy atom. The molecule has 4 aromatic rings. The fraction of sp³-hybridized carbons (Fsp3) is 0.370. The average Bonchev–Trinajstić information content (AvgIpc) is 3.49. The Kier molecular flexibility index (Phi) is 7.75. The topological polar surface area (TPSA) is 132 Å². The smallest absolute Gasteiger partial charge is 0.233 e. The Labute approximate surface area is 232 Å². The van der Waals surface area contributed by atoms with E-state index in [1.807, 2.05) is 48.5 Å². The Balaban J connectivity index is 1.15. The van der Waals surface area contributed by atoms with E-state index in [1.54, 1.807) is 6.20 Å². The Morgan fingerprint density at radius 3 is 2.72 bits per heavy atom. The van der Waals surface area contributed by atoms with Crippen LogP contribution >= 0.6 is 11.3 Å². The van der Waals surface area contributed by atoms with Gasteiger partial charge in [0.15, 0.2) is 5.13 Å². The molecule has 2 aliphatic rings. The van der Waals surface area contributed by atoms with Gasteiger partial charge in [-0.25, -0.2) is 4.98 Å². The second-order valence-electron chi connectivity index (χ2n) is 9.75. The van der Waals surface area contributed by atoms with Crippen molar-refractivity contribution in [1.29, 1.82) is 0 Å². The molecule has 0 radical (unpaired) electrons. The van der Waals surface area contributed by atoms with Gasteiger partial charge in [-0.1, -0.05) is 35.6 Å². The normalized spacial score (nSPS) is 17.4. The first kappa shape index (κ1) is 25.8. The van der Waals surface area contributed by atoms with Crippen LogP contribution in [0.25, 0.3) is 11.4 Å². The number of anilines is 1. The van der Waals surface area contributed by atoms with Crippen LogP contribution in [0.1, 0.15) is 43.6 Å². The van der Waals surface area contributed by atoms with Crippen molar-refractivity contribution < 1.29 is 18.5 Å². The number of aromatic amines is 1. The van der Waals surface area contributed by atoms with Crippen LogP contribution in [-0.4, -0.2) is 54.2 Å². The molecule has 202 valence electrons. The third-order valence-corrected chi connectivity index (χ3v) is 9.54. The summed E-state index contributed by atoms with van der Waals surface area (Å²) >= 11 is 1.26. The van der Waals surface area contributed by atoms with Gasteiger partial charge in [-0.05, 0) is 73.1 Å². The first-order valence-corrected chi connectivity index (χ1v) is 15.0. The average molecular weight is 565 g/mol. The van der Waals surface area contributed by atoms with Crippen molar-refractivity contribution in [2.75, 3.05) is 18.5 Å². The molecule has 1 amide bonds. The molecule has 2 N–H and O–H groups in total. The summed E-state index contributed by atoms with van der Waals surface area (Å²) in [7, 11) is -0.970. The fourth-order valence-corrected chi connectivity index (χ4v) is 6.72. The van der Waals surface area contributed by atoms with Crippen molar-refractivity contribution in [2.45, 2.75) is 48.2 Å². The quantitative estimate of drug-likeness (QED) is 0.277. The summed E-state index contributed by atoms with van der Waals surface area (Å²) in [6, 6.07) is 15.1. The molecule has 2 aromatic carbocycles. The first-order valence-electron chi connectivity index (χ1n) is 13.0. The van der Waals surface area contributed by atoms with Crippen molar-refractivity contribution in [3.05, 3.63) is 60.3 Å². The molecule has 39 heavy (non-hydrogen) atoms. The van der Waals surface area contributed by atoms with Crippen LogP contribution in [0.5, 0.6) is 10.8 Å². The summed E-state index contributed by atoms with van der Waals surface area (Å²) in [5.41, 5.74) is 1.68. The van der Waals surface area contributed by atoms with E-state index in [-0.39, 0.29) is 17.1 Å². The number of tetrazole rings is 1. The summed E-state index contributed by atoms with van der Waals surface area (Å²) < 4.78 is 24.1. The minimum Gasteiger partial charge on any atom is -0.445 e. The number of hydrogen-bond acceptors (Lipinski definition) is 9. The maximum atomic E-state index is 13.6. The second kappa shape index (κ2) is 11.7. The summed E-state index contributed by atoms with van der Waals surface area (Å²) in [6.45, 7) is 1.44. The summed E-state index contributed by atoms with van der Waals surface area (Å²) in [4.78, 5) is 18.8. The molecule has 2 fully saturated rings. The van der Waals surface area contributed by atoms with E-state index in [9.17, 15) is 9.00 Å². The third kappa shape index (κ3) is 6.40. The second-order valence-corrected chi connectivity index (χ2v) is 12.5. The Morgan fingerprint density at radius 2 is 1.97 bits per heavy atom. The summed E-state index contributed by atoms with van der Waals surface area (Å²) in [5.74, 6) is 1.01. The molecule has 1 aliphatic heterocycles. The van der Waals surface area contributed by atoms with Gasteiger partial charge in [0, 0.05) is 28.9 Å². The number of amides is 1. The highest BCUT2D eigenvalue weighted by Gasteiger charge is 2.30. The van der Waals surface area contributed by atoms with Gasteiger partial charge in [0.05, 0.1) is 22.9 Å².